The van der Waals surface area contributed by atoms with E-state index in [0.717, 1.165) is 11.1 Å². The maximum atomic E-state index is 9.93. The minimum Gasteiger partial charge on any atom is -0.507 e. The largest absolute Gasteiger partial charge is 0.507 e. The number of phenols is 2. The highest BCUT2D eigenvalue weighted by Gasteiger charge is 2.05. The van der Waals surface area contributed by atoms with Crippen LogP contribution in [-0.2, 0) is 6.42 Å². The van der Waals surface area contributed by atoms with Crippen molar-refractivity contribution in [3.8, 4) is 11.5 Å². The molecule has 0 aliphatic heterocycles. The molecule has 0 saturated carbocycles. The molecular weight excluding hydrogens is 352 g/mol. The molecule has 2 aromatic rings. The molecule has 2 N–H and O–H groups in total. The number of phenolic OH excluding ortho intramolecular Hbond substituents is 2. The molecule has 6 heteroatoms. The van der Waals surface area contributed by atoms with Gasteiger partial charge >= 0.3 is 0 Å². The van der Waals surface area contributed by atoms with Crippen molar-refractivity contribution in [3.05, 3.63) is 58.7 Å². The summed E-state index contributed by atoms with van der Waals surface area (Å²) in [5.41, 5.74) is 3.48. The average Bonchev–Trinajstić information content (AvgIpc) is 2.61. The van der Waals surface area contributed by atoms with Crippen LogP contribution in [0.2, 0.25) is 0 Å². The summed E-state index contributed by atoms with van der Waals surface area (Å²) in [4.78, 5) is 8.44. The van der Waals surface area contributed by atoms with Crippen LogP contribution in [0.1, 0.15) is 22.3 Å². The van der Waals surface area contributed by atoms with E-state index in [1.807, 2.05) is 24.3 Å². The van der Waals surface area contributed by atoms with Crippen LogP contribution in [-0.4, -0.2) is 47.2 Å². The minimum atomic E-state index is 0.206. The molecule has 0 unspecified atom stereocenters. The first kappa shape index (κ1) is 19.4. The molecule has 25 heavy (non-hydrogen) atoms. The summed E-state index contributed by atoms with van der Waals surface area (Å²) >= 11 is 8.23. The highest BCUT2D eigenvalue weighted by Crippen LogP contribution is 2.22. The van der Waals surface area contributed by atoms with Crippen LogP contribution in [0.15, 0.2) is 46.4 Å². The monoisotopic (exact) mass is 374 g/mol. The molecule has 0 saturated heterocycles. The van der Waals surface area contributed by atoms with Gasteiger partial charge in [-0.2, -0.15) is 25.3 Å². The van der Waals surface area contributed by atoms with Gasteiger partial charge < -0.3 is 10.2 Å². The Morgan fingerprint density at radius 1 is 0.760 bits per heavy atom. The van der Waals surface area contributed by atoms with Crippen LogP contribution in [0.3, 0.4) is 0 Å². The summed E-state index contributed by atoms with van der Waals surface area (Å²) in [6.07, 6.45) is 4.02. The van der Waals surface area contributed by atoms with Gasteiger partial charge in [0.2, 0.25) is 0 Å². The molecule has 0 fully saturated rings. The van der Waals surface area contributed by atoms with E-state index in [0.29, 0.717) is 42.1 Å². The standard InChI is InChI=1S/C19H22N2O2S2/c22-18-3-1-14(10-16(18)12-20-5-7-24)9-15-2-4-19(23)17(11-15)13-21-6-8-25/h1-4,10-13,22-25H,5-9H2. The fourth-order valence-electron chi connectivity index (χ4n) is 2.31. The first-order valence-electron chi connectivity index (χ1n) is 7.99. The van der Waals surface area contributed by atoms with Crippen molar-refractivity contribution in [1.29, 1.82) is 0 Å². The first-order valence-corrected chi connectivity index (χ1v) is 9.25. The Morgan fingerprint density at radius 3 is 1.60 bits per heavy atom. The van der Waals surface area contributed by atoms with Crippen molar-refractivity contribution < 1.29 is 10.2 Å². The van der Waals surface area contributed by atoms with Crippen molar-refractivity contribution in [2.24, 2.45) is 9.98 Å². The molecule has 0 aliphatic carbocycles. The van der Waals surface area contributed by atoms with Gasteiger partial charge in [0.05, 0.1) is 0 Å². The second-order valence-electron chi connectivity index (χ2n) is 5.48. The lowest BCUT2D eigenvalue weighted by molar-refractivity contribution is 0.474. The highest BCUT2D eigenvalue weighted by atomic mass is 32.1. The molecule has 2 aromatic carbocycles. The van der Waals surface area contributed by atoms with E-state index in [9.17, 15) is 10.2 Å². The molecule has 132 valence electrons. The van der Waals surface area contributed by atoms with Gasteiger partial charge in [-0.05, 0) is 41.8 Å². The molecule has 0 amide bonds. The van der Waals surface area contributed by atoms with E-state index in [1.54, 1.807) is 24.6 Å². The third kappa shape index (κ3) is 6.14. The summed E-state index contributed by atoms with van der Waals surface area (Å²) in [5.74, 6) is 1.75. The fourth-order valence-corrected chi connectivity index (χ4v) is 2.54. The van der Waals surface area contributed by atoms with Crippen LogP contribution in [0.5, 0.6) is 11.5 Å². The van der Waals surface area contributed by atoms with Crippen LogP contribution in [0, 0.1) is 0 Å². The molecule has 0 aliphatic rings. The number of rotatable bonds is 8. The predicted octanol–water partition coefficient (Wildman–Crippen LogP) is 3.39. The molecule has 0 bridgehead atoms. The number of hydrogen-bond acceptors (Lipinski definition) is 6. The number of hydrogen-bond donors (Lipinski definition) is 4. The topological polar surface area (TPSA) is 65.2 Å². The maximum Gasteiger partial charge on any atom is 0.124 e. The minimum absolute atomic E-state index is 0.206. The number of aliphatic imine (C=N–C) groups is 2. The van der Waals surface area contributed by atoms with Crippen LogP contribution >= 0.6 is 25.3 Å². The zero-order chi connectivity index (χ0) is 18.1. The Hall–Kier alpha value is -1.92. The van der Waals surface area contributed by atoms with Crippen molar-refractivity contribution in [2.45, 2.75) is 6.42 Å². The second kappa shape index (κ2) is 10.2. The normalized spacial score (nSPS) is 11.6. The molecule has 0 radical (unpaired) electrons. The Morgan fingerprint density at radius 2 is 1.20 bits per heavy atom. The quantitative estimate of drug-likeness (QED) is 0.423. The molecule has 0 heterocycles. The van der Waals surface area contributed by atoms with Gasteiger partial charge in [0.15, 0.2) is 0 Å². The molecule has 0 aromatic heterocycles. The van der Waals surface area contributed by atoms with Gasteiger partial charge in [-0.1, -0.05) is 12.1 Å². The Balaban J connectivity index is 2.19. The van der Waals surface area contributed by atoms with Gasteiger partial charge in [-0.25, -0.2) is 0 Å². The molecule has 0 spiro atoms. The van der Waals surface area contributed by atoms with Crippen molar-refractivity contribution in [3.63, 3.8) is 0 Å². The highest BCUT2D eigenvalue weighted by molar-refractivity contribution is 7.80. The van der Waals surface area contributed by atoms with Crippen LogP contribution < -0.4 is 0 Å². The Bertz CT molecular complexity index is 698. The van der Waals surface area contributed by atoms with Crippen molar-refractivity contribution in [2.75, 3.05) is 24.6 Å². The van der Waals surface area contributed by atoms with Crippen molar-refractivity contribution in [1.82, 2.24) is 0 Å². The van der Waals surface area contributed by atoms with Gasteiger partial charge in [0.1, 0.15) is 11.5 Å². The number of aromatic hydroxyl groups is 2. The Labute approximate surface area is 159 Å². The fraction of sp³-hybridized carbons (Fsp3) is 0.263. The SMILES string of the molecule is Oc1ccc(Cc2ccc(O)c(C=NCCS)c2)cc1C=NCCS. The lowest BCUT2D eigenvalue weighted by Crippen LogP contribution is -1.94. The van der Waals surface area contributed by atoms with Gasteiger partial charge in [-0.15, -0.1) is 0 Å². The second-order valence-corrected chi connectivity index (χ2v) is 6.38. The predicted molar refractivity (Wildman–Crippen MR) is 112 cm³/mol. The Kier molecular flexibility index (Phi) is 7.88. The maximum absolute atomic E-state index is 9.93. The van der Waals surface area contributed by atoms with E-state index in [-0.39, 0.29) is 11.5 Å². The lowest BCUT2D eigenvalue weighted by atomic mass is 10.0. The summed E-state index contributed by atoms with van der Waals surface area (Å²) < 4.78 is 0. The van der Waals surface area contributed by atoms with Gasteiger partial charge in [0.25, 0.3) is 0 Å². The van der Waals surface area contributed by atoms with Gasteiger partial charge in [0, 0.05) is 48.2 Å². The molecule has 0 atom stereocenters. The van der Waals surface area contributed by atoms with Crippen LogP contribution in [0.25, 0.3) is 0 Å². The van der Waals surface area contributed by atoms with E-state index in [2.05, 4.69) is 35.2 Å². The molecule has 4 nitrogen and oxygen atoms in total. The van der Waals surface area contributed by atoms with Crippen LogP contribution in [0.4, 0.5) is 0 Å². The summed E-state index contributed by atoms with van der Waals surface area (Å²) in [6, 6.07) is 10.9. The van der Waals surface area contributed by atoms with E-state index >= 15 is 0 Å². The summed E-state index contributed by atoms with van der Waals surface area (Å²) in [5, 5.41) is 19.9. The number of thiol groups is 2. The number of nitrogens with zero attached hydrogens (tertiary/aromatic N) is 2. The summed E-state index contributed by atoms with van der Waals surface area (Å²) in [7, 11) is 0. The van der Waals surface area contributed by atoms with Crippen molar-refractivity contribution >= 4 is 37.7 Å². The molecular formula is C19H22N2O2S2. The third-order valence-corrected chi connectivity index (χ3v) is 3.91. The smallest absolute Gasteiger partial charge is 0.124 e. The van der Waals surface area contributed by atoms with E-state index in [1.165, 1.54) is 0 Å². The van der Waals surface area contributed by atoms with E-state index in [4.69, 9.17) is 0 Å². The van der Waals surface area contributed by atoms with Gasteiger partial charge in [-0.3, -0.25) is 9.98 Å². The lowest BCUT2D eigenvalue weighted by Gasteiger charge is -2.07. The third-order valence-electron chi connectivity index (χ3n) is 3.51. The zero-order valence-corrected chi connectivity index (χ0v) is 15.6. The average molecular weight is 375 g/mol. The first-order chi connectivity index (χ1) is 12.1. The summed E-state index contributed by atoms with van der Waals surface area (Å²) in [6.45, 7) is 1.22. The van der Waals surface area contributed by atoms with E-state index < -0.39 is 0 Å². The zero-order valence-electron chi connectivity index (χ0n) is 13.8. The number of benzene rings is 2. The molecule has 2 rings (SSSR count).